The Labute approximate surface area is 109 Å². The van der Waals surface area contributed by atoms with Crippen LogP contribution in [0.1, 0.15) is 41.7 Å². The number of carbonyl (C=O) groups excluding carboxylic acids is 1. The van der Waals surface area contributed by atoms with Gasteiger partial charge in [0.15, 0.2) is 5.69 Å². The Kier molecular flexibility index (Phi) is 3.96. The Morgan fingerprint density at radius 1 is 1.67 bits per heavy atom. The lowest BCUT2D eigenvalue weighted by atomic mass is 10.2. The Morgan fingerprint density at radius 2 is 2.44 bits per heavy atom. The van der Waals surface area contributed by atoms with Crippen molar-refractivity contribution in [1.82, 2.24) is 9.88 Å². The minimum Gasteiger partial charge on any atom is -0.476 e. The highest BCUT2D eigenvalue weighted by atomic mass is 32.1. The maximum absolute atomic E-state index is 11.6. The number of carbonyl (C=O) groups is 2. The third kappa shape index (κ3) is 2.87. The van der Waals surface area contributed by atoms with Crippen molar-refractivity contribution in [2.24, 2.45) is 0 Å². The molecule has 0 spiro atoms. The molecule has 1 atom stereocenters. The van der Waals surface area contributed by atoms with E-state index in [0.29, 0.717) is 12.5 Å². The lowest BCUT2D eigenvalue weighted by molar-refractivity contribution is -0.128. The zero-order chi connectivity index (χ0) is 13.1. The van der Waals surface area contributed by atoms with Gasteiger partial charge in [0.1, 0.15) is 0 Å². The Morgan fingerprint density at radius 3 is 3.00 bits per heavy atom. The summed E-state index contributed by atoms with van der Waals surface area (Å²) in [5, 5.41) is 11.1. The fourth-order valence-electron chi connectivity index (χ4n) is 2.15. The van der Waals surface area contributed by atoms with Crippen molar-refractivity contribution in [2.45, 2.75) is 38.6 Å². The highest BCUT2D eigenvalue weighted by molar-refractivity contribution is 7.09. The number of rotatable bonds is 5. The molecule has 2 rings (SSSR count). The highest BCUT2D eigenvalue weighted by Gasteiger charge is 2.26. The second-order valence-corrected chi connectivity index (χ2v) is 5.45. The molecule has 1 aromatic heterocycles. The molecule has 0 saturated carbocycles. The van der Waals surface area contributed by atoms with Gasteiger partial charge in [-0.05, 0) is 19.8 Å². The minimum atomic E-state index is -0.985. The molecular weight excluding hydrogens is 252 g/mol. The summed E-state index contributed by atoms with van der Waals surface area (Å²) in [7, 11) is 0. The molecule has 1 aromatic rings. The van der Waals surface area contributed by atoms with E-state index in [0.717, 1.165) is 30.8 Å². The number of nitrogens with zero attached hydrogens (tertiary/aromatic N) is 2. The van der Waals surface area contributed by atoms with Crippen LogP contribution in [0, 0.1) is 0 Å². The Balaban J connectivity index is 1.81. The van der Waals surface area contributed by atoms with Gasteiger partial charge in [-0.2, -0.15) is 0 Å². The lowest BCUT2D eigenvalue weighted by Crippen LogP contribution is -2.32. The first-order valence-electron chi connectivity index (χ1n) is 6.05. The number of likely N-dealkylation sites (tertiary alicyclic amines) is 1. The molecule has 18 heavy (non-hydrogen) atoms. The van der Waals surface area contributed by atoms with E-state index < -0.39 is 5.97 Å². The lowest BCUT2D eigenvalue weighted by Gasteiger charge is -2.21. The van der Waals surface area contributed by atoms with Gasteiger partial charge in [-0.25, -0.2) is 9.78 Å². The number of aromatic nitrogens is 1. The van der Waals surface area contributed by atoms with Crippen molar-refractivity contribution in [3.8, 4) is 0 Å². The van der Waals surface area contributed by atoms with Crippen LogP contribution in [0.2, 0.25) is 0 Å². The van der Waals surface area contributed by atoms with Crippen molar-refractivity contribution in [3.63, 3.8) is 0 Å². The van der Waals surface area contributed by atoms with Crippen LogP contribution >= 0.6 is 11.3 Å². The molecule has 6 heteroatoms. The normalized spacial score (nSPS) is 19.5. The zero-order valence-corrected chi connectivity index (χ0v) is 11.1. The van der Waals surface area contributed by atoms with Crippen LogP contribution in [0.5, 0.6) is 0 Å². The van der Waals surface area contributed by atoms with Crippen LogP contribution < -0.4 is 0 Å². The molecule has 1 fully saturated rings. The number of hydrogen-bond acceptors (Lipinski definition) is 4. The topological polar surface area (TPSA) is 70.5 Å². The monoisotopic (exact) mass is 268 g/mol. The van der Waals surface area contributed by atoms with Gasteiger partial charge in [0.05, 0.1) is 5.01 Å². The standard InChI is InChI=1S/C12H16N2O3S/c1-8-4-5-11(15)14(8)6-2-3-10-13-9(7-18-10)12(16)17/h7-8H,2-6H2,1H3,(H,16,17). The second-order valence-electron chi connectivity index (χ2n) is 4.51. The SMILES string of the molecule is CC1CCC(=O)N1CCCc1nc(C(=O)O)cs1. The summed E-state index contributed by atoms with van der Waals surface area (Å²) < 4.78 is 0. The van der Waals surface area contributed by atoms with E-state index in [9.17, 15) is 9.59 Å². The van der Waals surface area contributed by atoms with Crippen LogP contribution in [0.3, 0.4) is 0 Å². The first-order chi connectivity index (χ1) is 8.58. The first-order valence-corrected chi connectivity index (χ1v) is 6.93. The predicted octanol–water partition coefficient (Wildman–Crippen LogP) is 1.78. The number of aromatic carboxylic acids is 1. The smallest absolute Gasteiger partial charge is 0.355 e. The maximum Gasteiger partial charge on any atom is 0.355 e. The number of amides is 1. The first kappa shape index (κ1) is 13.0. The zero-order valence-electron chi connectivity index (χ0n) is 10.3. The van der Waals surface area contributed by atoms with Crippen LogP contribution in [-0.4, -0.2) is 39.5 Å². The summed E-state index contributed by atoms with van der Waals surface area (Å²) in [5.74, 6) is -0.756. The molecule has 1 amide bonds. The molecule has 98 valence electrons. The van der Waals surface area contributed by atoms with E-state index in [1.54, 1.807) is 5.38 Å². The highest BCUT2D eigenvalue weighted by Crippen LogP contribution is 2.19. The van der Waals surface area contributed by atoms with Crippen LogP contribution in [-0.2, 0) is 11.2 Å². The number of carboxylic acid groups (broad SMARTS) is 1. The molecule has 1 unspecified atom stereocenters. The molecule has 5 nitrogen and oxygen atoms in total. The molecule has 1 aliphatic heterocycles. The number of hydrogen-bond donors (Lipinski definition) is 1. The van der Waals surface area contributed by atoms with E-state index in [2.05, 4.69) is 11.9 Å². The van der Waals surface area contributed by atoms with Gasteiger partial charge in [-0.15, -0.1) is 11.3 Å². The quantitative estimate of drug-likeness (QED) is 0.883. The van der Waals surface area contributed by atoms with Crippen molar-refractivity contribution < 1.29 is 14.7 Å². The van der Waals surface area contributed by atoms with Crippen LogP contribution in [0.25, 0.3) is 0 Å². The summed E-state index contributed by atoms with van der Waals surface area (Å²) in [6.45, 7) is 2.80. The van der Waals surface area contributed by atoms with Gasteiger partial charge < -0.3 is 10.0 Å². The summed E-state index contributed by atoms with van der Waals surface area (Å²) in [6, 6.07) is 0.336. The largest absolute Gasteiger partial charge is 0.476 e. The number of aryl methyl sites for hydroxylation is 1. The van der Waals surface area contributed by atoms with Gasteiger partial charge in [0.2, 0.25) is 5.91 Å². The van der Waals surface area contributed by atoms with Crippen LogP contribution in [0.15, 0.2) is 5.38 Å². The third-order valence-electron chi connectivity index (χ3n) is 3.19. The molecule has 0 aromatic carbocycles. The fourth-order valence-corrected chi connectivity index (χ4v) is 2.96. The van der Waals surface area contributed by atoms with Gasteiger partial charge >= 0.3 is 5.97 Å². The number of carboxylic acids is 1. The van der Waals surface area contributed by atoms with Crippen LogP contribution in [0.4, 0.5) is 0 Å². The molecule has 0 aliphatic carbocycles. The van der Waals surface area contributed by atoms with E-state index in [-0.39, 0.29) is 11.6 Å². The average molecular weight is 268 g/mol. The van der Waals surface area contributed by atoms with Gasteiger partial charge in [0.25, 0.3) is 0 Å². The second kappa shape index (κ2) is 5.48. The number of thiazole rings is 1. The van der Waals surface area contributed by atoms with Gasteiger partial charge in [-0.3, -0.25) is 4.79 Å². The van der Waals surface area contributed by atoms with E-state index in [4.69, 9.17) is 5.11 Å². The van der Waals surface area contributed by atoms with Gasteiger partial charge in [-0.1, -0.05) is 0 Å². The molecule has 1 saturated heterocycles. The maximum atomic E-state index is 11.6. The van der Waals surface area contributed by atoms with Crippen molar-refractivity contribution in [1.29, 1.82) is 0 Å². The Hall–Kier alpha value is -1.43. The average Bonchev–Trinajstić information content (AvgIpc) is 2.90. The summed E-state index contributed by atoms with van der Waals surface area (Å²) in [4.78, 5) is 28.2. The molecular formula is C12H16N2O3S. The molecule has 0 bridgehead atoms. The van der Waals surface area contributed by atoms with E-state index >= 15 is 0 Å². The summed E-state index contributed by atoms with van der Waals surface area (Å²) in [6.07, 6.45) is 3.16. The minimum absolute atomic E-state index is 0.112. The summed E-state index contributed by atoms with van der Waals surface area (Å²) >= 11 is 1.37. The summed E-state index contributed by atoms with van der Waals surface area (Å²) in [5.41, 5.74) is 0.112. The van der Waals surface area contributed by atoms with E-state index in [1.165, 1.54) is 11.3 Å². The molecule has 1 aliphatic rings. The Bertz CT molecular complexity index is 458. The van der Waals surface area contributed by atoms with Crippen molar-refractivity contribution in [3.05, 3.63) is 16.1 Å². The molecule has 0 radical (unpaired) electrons. The predicted molar refractivity (Wildman–Crippen MR) is 67.8 cm³/mol. The van der Waals surface area contributed by atoms with Gasteiger partial charge in [0, 0.05) is 30.8 Å². The van der Waals surface area contributed by atoms with Crippen molar-refractivity contribution in [2.75, 3.05) is 6.54 Å². The van der Waals surface area contributed by atoms with E-state index in [1.807, 2.05) is 4.90 Å². The fraction of sp³-hybridized carbons (Fsp3) is 0.583. The third-order valence-corrected chi connectivity index (χ3v) is 4.10. The molecule has 1 N–H and O–H groups in total. The van der Waals surface area contributed by atoms with Crippen molar-refractivity contribution >= 4 is 23.2 Å². The molecule has 2 heterocycles.